The predicted molar refractivity (Wildman–Crippen MR) is 103 cm³/mol. The van der Waals surface area contributed by atoms with Gasteiger partial charge in [-0.2, -0.15) is 0 Å². The predicted octanol–water partition coefficient (Wildman–Crippen LogP) is 6.14. The molecule has 0 heterocycles. The molecule has 0 aliphatic heterocycles. The van der Waals surface area contributed by atoms with E-state index in [2.05, 4.69) is 49.4 Å². The maximum absolute atomic E-state index is 4.13. The molecule has 0 atom stereocenters. The molecular formula is C21H24N2. The Morgan fingerprint density at radius 1 is 0.957 bits per heavy atom. The maximum Gasteiger partial charge on any atom is 0.100 e. The maximum atomic E-state index is 4.13. The van der Waals surface area contributed by atoms with Crippen molar-refractivity contribution in [2.75, 3.05) is 10.6 Å². The molecule has 2 aromatic carbocycles. The standard InChI is InChI=1S/C21H24N2/c1-6-16(4)20-12-7-8-13-21(20)23-17(5)22-19-11-9-10-18(14-19)15(2)3/h7-14,22-23H,2,4-6H2,1,3H3. The van der Waals surface area contributed by atoms with E-state index < -0.39 is 0 Å². The summed E-state index contributed by atoms with van der Waals surface area (Å²) in [6.45, 7) is 16.3. The van der Waals surface area contributed by atoms with Crippen LogP contribution in [0.2, 0.25) is 0 Å². The second-order valence-electron chi connectivity index (χ2n) is 5.59. The van der Waals surface area contributed by atoms with Crippen molar-refractivity contribution in [3.8, 4) is 0 Å². The van der Waals surface area contributed by atoms with Crippen molar-refractivity contribution in [3.05, 3.63) is 85.2 Å². The Balaban J connectivity index is 2.13. The fraction of sp³-hybridized carbons (Fsp3) is 0.143. The molecule has 2 nitrogen and oxygen atoms in total. The lowest BCUT2D eigenvalue weighted by molar-refractivity contribution is 1.24. The molecular weight excluding hydrogens is 280 g/mol. The van der Waals surface area contributed by atoms with E-state index in [4.69, 9.17) is 0 Å². The number of hydrogen-bond acceptors (Lipinski definition) is 2. The van der Waals surface area contributed by atoms with Crippen LogP contribution in [-0.2, 0) is 0 Å². The molecule has 2 N–H and O–H groups in total. The van der Waals surface area contributed by atoms with E-state index in [1.165, 1.54) is 0 Å². The first-order valence-electron chi connectivity index (χ1n) is 7.77. The first-order chi connectivity index (χ1) is 11.0. The summed E-state index contributed by atoms with van der Waals surface area (Å²) in [6.07, 6.45) is 0.916. The molecule has 118 valence electrons. The van der Waals surface area contributed by atoms with Crippen molar-refractivity contribution in [1.29, 1.82) is 0 Å². The molecule has 0 saturated heterocycles. The van der Waals surface area contributed by atoms with E-state index in [9.17, 15) is 0 Å². The minimum absolute atomic E-state index is 0.722. The van der Waals surface area contributed by atoms with Gasteiger partial charge in [0, 0.05) is 16.9 Å². The molecule has 0 amide bonds. The van der Waals surface area contributed by atoms with Crippen LogP contribution in [0, 0.1) is 0 Å². The molecule has 0 fully saturated rings. The van der Waals surface area contributed by atoms with Gasteiger partial charge in [0.15, 0.2) is 0 Å². The lowest BCUT2D eigenvalue weighted by atomic mass is 10.0. The van der Waals surface area contributed by atoms with Crippen LogP contribution in [0.5, 0.6) is 0 Å². The van der Waals surface area contributed by atoms with Crippen molar-refractivity contribution in [2.24, 2.45) is 0 Å². The second-order valence-corrected chi connectivity index (χ2v) is 5.59. The van der Waals surface area contributed by atoms with Gasteiger partial charge in [0.25, 0.3) is 0 Å². The summed E-state index contributed by atoms with van der Waals surface area (Å²) in [5.41, 5.74) is 6.36. The Hall–Kier alpha value is -2.74. The monoisotopic (exact) mass is 304 g/mol. The Bertz CT molecular complexity index is 741. The van der Waals surface area contributed by atoms with Gasteiger partial charge >= 0.3 is 0 Å². The summed E-state index contributed by atoms with van der Waals surface area (Å²) < 4.78 is 0. The van der Waals surface area contributed by atoms with Crippen molar-refractivity contribution >= 4 is 22.5 Å². The molecule has 0 aliphatic carbocycles. The van der Waals surface area contributed by atoms with Crippen molar-refractivity contribution in [3.63, 3.8) is 0 Å². The highest BCUT2D eigenvalue weighted by Gasteiger charge is 2.05. The van der Waals surface area contributed by atoms with Gasteiger partial charge in [-0.3, -0.25) is 0 Å². The van der Waals surface area contributed by atoms with Crippen LogP contribution in [-0.4, -0.2) is 0 Å². The van der Waals surface area contributed by atoms with Gasteiger partial charge < -0.3 is 10.6 Å². The van der Waals surface area contributed by atoms with Crippen LogP contribution in [0.25, 0.3) is 11.1 Å². The number of para-hydroxylation sites is 1. The molecule has 0 saturated carbocycles. The highest BCUT2D eigenvalue weighted by Crippen LogP contribution is 2.26. The van der Waals surface area contributed by atoms with Crippen LogP contribution in [0.15, 0.2) is 74.1 Å². The number of hydrogen-bond donors (Lipinski definition) is 2. The average molecular weight is 304 g/mol. The Morgan fingerprint density at radius 2 is 1.70 bits per heavy atom. The first-order valence-corrected chi connectivity index (χ1v) is 7.77. The third-order valence-corrected chi connectivity index (χ3v) is 3.67. The van der Waals surface area contributed by atoms with Gasteiger partial charge in [-0.1, -0.05) is 62.6 Å². The molecule has 23 heavy (non-hydrogen) atoms. The highest BCUT2D eigenvalue weighted by molar-refractivity contribution is 5.76. The van der Waals surface area contributed by atoms with Gasteiger partial charge in [0.1, 0.15) is 5.82 Å². The van der Waals surface area contributed by atoms with Crippen molar-refractivity contribution in [1.82, 2.24) is 0 Å². The SMILES string of the molecule is C=C(Nc1cccc(C(=C)C)c1)Nc1ccccc1C(=C)CC. The summed E-state index contributed by atoms with van der Waals surface area (Å²) in [5, 5.41) is 6.63. The lowest BCUT2D eigenvalue weighted by Gasteiger charge is -2.16. The smallest absolute Gasteiger partial charge is 0.100 e. The van der Waals surface area contributed by atoms with Gasteiger partial charge in [0.2, 0.25) is 0 Å². The van der Waals surface area contributed by atoms with Gasteiger partial charge in [0.05, 0.1) is 0 Å². The third-order valence-electron chi connectivity index (χ3n) is 3.67. The zero-order chi connectivity index (χ0) is 16.8. The Labute approximate surface area is 139 Å². The van der Waals surface area contributed by atoms with E-state index >= 15 is 0 Å². The normalized spacial score (nSPS) is 10.0. The summed E-state index contributed by atoms with van der Waals surface area (Å²) in [6, 6.07) is 16.3. The van der Waals surface area contributed by atoms with E-state index in [0.717, 1.165) is 45.9 Å². The van der Waals surface area contributed by atoms with Crippen molar-refractivity contribution in [2.45, 2.75) is 20.3 Å². The van der Waals surface area contributed by atoms with Crippen molar-refractivity contribution < 1.29 is 0 Å². The fourth-order valence-corrected chi connectivity index (χ4v) is 2.32. The van der Waals surface area contributed by atoms with Crippen LogP contribution in [0.1, 0.15) is 31.4 Å². The van der Waals surface area contributed by atoms with E-state index in [1.807, 2.05) is 43.3 Å². The number of nitrogens with one attached hydrogen (secondary N) is 2. The first kappa shape index (κ1) is 16.6. The zero-order valence-corrected chi connectivity index (χ0v) is 13.9. The number of benzene rings is 2. The van der Waals surface area contributed by atoms with Crippen LogP contribution in [0.4, 0.5) is 11.4 Å². The summed E-state index contributed by atoms with van der Waals surface area (Å²) in [5.74, 6) is 0.722. The Morgan fingerprint density at radius 3 is 2.39 bits per heavy atom. The summed E-state index contributed by atoms with van der Waals surface area (Å²) >= 11 is 0. The molecule has 0 radical (unpaired) electrons. The van der Waals surface area contributed by atoms with E-state index in [-0.39, 0.29) is 0 Å². The third kappa shape index (κ3) is 4.36. The Kier molecular flexibility index (Phi) is 5.42. The lowest BCUT2D eigenvalue weighted by Crippen LogP contribution is -2.09. The molecule has 2 aromatic rings. The fourth-order valence-electron chi connectivity index (χ4n) is 2.32. The van der Waals surface area contributed by atoms with Gasteiger partial charge in [-0.05, 0) is 42.7 Å². The van der Waals surface area contributed by atoms with E-state index in [1.54, 1.807) is 0 Å². The van der Waals surface area contributed by atoms with Gasteiger partial charge in [-0.15, -0.1) is 0 Å². The molecule has 0 aromatic heterocycles. The average Bonchev–Trinajstić information content (AvgIpc) is 2.54. The van der Waals surface area contributed by atoms with Gasteiger partial charge in [-0.25, -0.2) is 0 Å². The molecule has 0 spiro atoms. The molecule has 0 bridgehead atoms. The second kappa shape index (κ2) is 7.50. The highest BCUT2D eigenvalue weighted by atomic mass is 15.1. The number of allylic oxidation sites excluding steroid dienone is 2. The van der Waals surface area contributed by atoms with Crippen LogP contribution >= 0.6 is 0 Å². The number of rotatable bonds is 7. The summed E-state index contributed by atoms with van der Waals surface area (Å²) in [4.78, 5) is 0. The topological polar surface area (TPSA) is 24.1 Å². The largest absolute Gasteiger partial charge is 0.342 e. The minimum atomic E-state index is 0.722. The molecule has 2 heteroatoms. The van der Waals surface area contributed by atoms with Crippen LogP contribution in [0.3, 0.4) is 0 Å². The minimum Gasteiger partial charge on any atom is -0.342 e. The van der Waals surface area contributed by atoms with Crippen LogP contribution < -0.4 is 10.6 Å². The molecule has 0 unspecified atom stereocenters. The molecule has 2 rings (SSSR count). The number of anilines is 2. The quantitative estimate of drug-likeness (QED) is 0.642. The zero-order valence-electron chi connectivity index (χ0n) is 13.9. The molecule has 0 aliphatic rings. The van der Waals surface area contributed by atoms with E-state index in [0.29, 0.717) is 0 Å². The summed E-state index contributed by atoms with van der Waals surface area (Å²) in [7, 11) is 0.